The first-order valence-corrected chi connectivity index (χ1v) is 8.21. The topological polar surface area (TPSA) is 70.7 Å². The summed E-state index contributed by atoms with van der Waals surface area (Å²) >= 11 is 0. The van der Waals surface area contributed by atoms with Crippen LogP contribution < -0.4 is 15.4 Å². The molecular weight excluding hydrogens is 306 g/mol. The molecule has 1 aromatic carbocycles. The normalized spacial score (nSPS) is 17.5. The molecule has 1 heterocycles. The van der Waals surface area contributed by atoms with Gasteiger partial charge in [-0.15, -0.1) is 6.58 Å². The molecule has 0 saturated carbocycles. The van der Waals surface area contributed by atoms with Crippen molar-refractivity contribution < 1.29 is 14.3 Å². The van der Waals surface area contributed by atoms with Gasteiger partial charge in [0, 0.05) is 31.4 Å². The third-order valence-electron chi connectivity index (χ3n) is 3.96. The molecule has 2 amide bonds. The summed E-state index contributed by atoms with van der Waals surface area (Å²) in [5.41, 5.74) is 0.658. The Morgan fingerprint density at radius 3 is 3.12 bits per heavy atom. The van der Waals surface area contributed by atoms with Crippen LogP contribution in [-0.2, 0) is 9.59 Å². The number of carbonyl (C=O) groups excluding carboxylic acids is 2. The van der Waals surface area contributed by atoms with E-state index in [1.165, 1.54) is 0 Å². The highest BCUT2D eigenvalue weighted by Gasteiger charge is 2.29. The molecule has 1 saturated heterocycles. The molecule has 130 valence electrons. The number of ether oxygens (including phenoxy) is 1. The van der Waals surface area contributed by atoms with E-state index in [0.29, 0.717) is 31.1 Å². The fraction of sp³-hybridized carbons (Fsp3) is 0.444. The van der Waals surface area contributed by atoms with Crippen LogP contribution in [-0.4, -0.2) is 49.5 Å². The SMILES string of the molecule is C=CCCCN1CCNC(CC(=O)Nc2cccc(OC)c2)C1=O. The van der Waals surface area contributed by atoms with E-state index < -0.39 is 6.04 Å². The van der Waals surface area contributed by atoms with Crippen LogP contribution in [0.2, 0.25) is 0 Å². The maximum atomic E-state index is 12.4. The van der Waals surface area contributed by atoms with Gasteiger partial charge in [0.2, 0.25) is 11.8 Å². The largest absolute Gasteiger partial charge is 0.497 e. The monoisotopic (exact) mass is 331 g/mol. The summed E-state index contributed by atoms with van der Waals surface area (Å²) in [6, 6.07) is 6.68. The van der Waals surface area contributed by atoms with E-state index in [1.807, 2.05) is 17.0 Å². The Morgan fingerprint density at radius 1 is 1.54 bits per heavy atom. The van der Waals surface area contributed by atoms with Gasteiger partial charge in [0.15, 0.2) is 0 Å². The van der Waals surface area contributed by atoms with Crippen LogP contribution in [0.15, 0.2) is 36.9 Å². The van der Waals surface area contributed by atoms with Crippen LogP contribution >= 0.6 is 0 Å². The minimum absolute atomic E-state index is 0.00824. The number of nitrogens with one attached hydrogen (secondary N) is 2. The minimum atomic E-state index is -0.465. The first-order chi connectivity index (χ1) is 11.6. The number of amides is 2. The Kier molecular flexibility index (Phi) is 6.81. The van der Waals surface area contributed by atoms with Crippen LogP contribution in [0.4, 0.5) is 5.69 Å². The molecule has 1 fully saturated rings. The fourth-order valence-electron chi connectivity index (χ4n) is 2.70. The van der Waals surface area contributed by atoms with E-state index in [1.54, 1.807) is 25.3 Å². The zero-order chi connectivity index (χ0) is 17.4. The number of allylic oxidation sites excluding steroid dienone is 1. The van der Waals surface area contributed by atoms with Crippen molar-refractivity contribution in [3.8, 4) is 5.75 Å². The van der Waals surface area contributed by atoms with Gasteiger partial charge < -0.3 is 20.3 Å². The molecule has 1 aliphatic rings. The highest BCUT2D eigenvalue weighted by molar-refractivity contribution is 5.95. The molecular formula is C18H25N3O3. The van der Waals surface area contributed by atoms with E-state index in [9.17, 15) is 9.59 Å². The average Bonchev–Trinajstić information content (AvgIpc) is 2.58. The van der Waals surface area contributed by atoms with Gasteiger partial charge in [-0.1, -0.05) is 12.1 Å². The van der Waals surface area contributed by atoms with Gasteiger partial charge in [-0.2, -0.15) is 0 Å². The number of hydrogen-bond acceptors (Lipinski definition) is 4. The quantitative estimate of drug-likeness (QED) is 0.563. The molecule has 1 aliphatic heterocycles. The summed E-state index contributed by atoms with van der Waals surface area (Å²) in [6.45, 7) is 5.79. The predicted octanol–water partition coefficient (Wildman–Crippen LogP) is 1.79. The molecule has 0 spiro atoms. The lowest BCUT2D eigenvalue weighted by molar-refractivity contribution is -0.137. The first kappa shape index (κ1) is 18.0. The van der Waals surface area contributed by atoms with Gasteiger partial charge >= 0.3 is 0 Å². The second-order valence-corrected chi connectivity index (χ2v) is 5.75. The van der Waals surface area contributed by atoms with Crippen LogP contribution in [0.3, 0.4) is 0 Å². The number of carbonyl (C=O) groups is 2. The highest BCUT2D eigenvalue weighted by atomic mass is 16.5. The summed E-state index contributed by atoms with van der Waals surface area (Å²) in [7, 11) is 1.58. The van der Waals surface area contributed by atoms with Gasteiger partial charge in [0.1, 0.15) is 5.75 Å². The van der Waals surface area contributed by atoms with Crippen molar-refractivity contribution in [2.24, 2.45) is 0 Å². The third-order valence-corrected chi connectivity index (χ3v) is 3.96. The molecule has 0 aromatic heterocycles. The molecule has 1 aromatic rings. The molecule has 2 N–H and O–H groups in total. The number of anilines is 1. The number of benzene rings is 1. The Bertz CT molecular complexity index is 589. The molecule has 6 heteroatoms. The highest BCUT2D eigenvalue weighted by Crippen LogP contribution is 2.17. The second kappa shape index (κ2) is 9.08. The van der Waals surface area contributed by atoms with Crippen LogP contribution in [0.1, 0.15) is 19.3 Å². The van der Waals surface area contributed by atoms with Crippen molar-refractivity contribution in [3.63, 3.8) is 0 Å². The number of hydrogen-bond donors (Lipinski definition) is 2. The molecule has 0 bridgehead atoms. The molecule has 2 rings (SSSR count). The van der Waals surface area contributed by atoms with E-state index in [4.69, 9.17) is 4.74 Å². The Morgan fingerprint density at radius 2 is 2.38 bits per heavy atom. The van der Waals surface area contributed by atoms with Crippen LogP contribution in [0, 0.1) is 0 Å². The molecule has 1 unspecified atom stereocenters. The van der Waals surface area contributed by atoms with Crippen molar-refractivity contribution in [3.05, 3.63) is 36.9 Å². The lowest BCUT2D eigenvalue weighted by Crippen LogP contribution is -2.56. The van der Waals surface area contributed by atoms with Crippen molar-refractivity contribution >= 4 is 17.5 Å². The standard InChI is InChI=1S/C18H25N3O3/c1-3-4-5-10-21-11-9-19-16(18(21)23)13-17(22)20-14-7-6-8-15(12-14)24-2/h3,6-8,12,16,19H,1,4-5,9-11,13H2,2H3,(H,20,22). The van der Waals surface area contributed by atoms with Crippen molar-refractivity contribution in [2.75, 3.05) is 32.1 Å². The zero-order valence-electron chi connectivity index (χ0n) is 14.1. The number of nitrogens with zero attached hydrogens (tertiary/aromatic N) is 1. The van der Waals surface area contributed by atoms with E-state index in [2.05, 4.69) is 17.2 Å². The van der Waals surface area contributed by atoms with E-state index in [-0.39, 0.29) is 18.2 Å². The first-order valence-electron chi connectivity index (χ1n) is 8.21. The number of rotatable bonds is 8. The summed E-state index contributed by atoms with van der Waals surface area (Å²) in [4.78, 5) is 26.5. The fourth-order valence-corrected chi connectivity index (χ4v) is 2.70. The Labute approximate surface area is 142 Å². The van der Waals surface area contributed by atoms with Crippen LogP contribution in [0.25, 0.3) is 0 Å². The predicted molar refractivity (Wildman–Crippen MR) is 94.0 cm³/mol. The van der Waals surface area contributed by atoms with Crippen molar-refractivity contribution in [2.45, 2.75) is 25.3 Å². The Balaban J connectivity index is 1.87. The average molecular weight is 331 g/mol. The van der Waals surface area contributed by atoms with Gasteiger partial charge in [-0.3, -0.25) is 9.59 Å². The summed E-state index contributed by atoms with van der Waals surface area (Å²) in [6.07, 6.45) is 3.76. The molecule has 6 nitrogen and oxygen atoms in total. The van der Waals surface area contributed by atoms with Crippen LogP contribution in [0.5, 0.6) is 5.75 Å². The molecule has 0 radical (unpaired) electrons. The lowest BCUT2D eigenvalue weighted by Gasteiger charge is -2.33. The van der Waals surface area contributed by atoms with Crippen molar-refractivity contribution in [1.29, 1.82) is 0 Å². The molecule has 0 aliphatic carbocycles. The third kappa shape index (κ3) is 5.09. The summed E-state index contributed by atoms with van der Waals surface area (Å²) in [5.74, 6) is 0.473. The number of piperazine rings is 1. The zero-order valence-corrected chi connectivity index (χ0v) is 14.1. The Hall–Kier alpha value is -2.34. The van der Waals surface area contributed by atoms with Gasteiger partial charge in [0.25, 0.3) is 0 Å². The maximum absolute atomic E-state index is 12.4. The molecule has 1 atom stereocenters. The molecule has 24 heavy (non-hydrogen) atoms. The summed E-state index contributed by atoms with van der Waals surface area (Å²) in [5, 5.41) is 5.94. The van der Waals surface area contributed by atoms with Gasteiger partial charge in [-0.05, 0) is 25.0 Å². The lowest BCUT2D eigenvalue weighted by atomic mass is 10.1. The number of unbranched alkanes of at least 4 members (excludes halogenated alkanes) is 1. The van der Waals surface area contributed by atoms with Gasteiger partial charge in [0.05, 0.1) is 19.6 Å². The van der Waals surface area contributed by atoms with Gasteiger partial charge in [-0.25, -0.2) is 0 Å². The second-order valence-electron chi connectivity index (χ2n) is 5.75. The van der Waals surface area contributed by atoms with Crippen molar-refractivity contribution in [1.82, 2.24) is 10.2 Å². The van der Waals surface area contributed by atoms with E-state index >= 15 is 0 Å². The smallest absolute Gasteiger partial charge is 0.240 e. The van der Waals surface area contributed by atoms with E-state index in [0.717, 1.165) is 12.8 Å². The maximum Gasteiger partial charge on any atom is 0.240 e. The summed E-state index contributed by atoms with van der Waals surface area (Å²) < 4.78 is 5.13. The minimum Gasteiger partial charge on any atom is -0.497 e. The number of methoxy groups -OCH3 is 1.